The molecule has 12 heteroatoms. The van der Waals surface area contributed by atoms with E-state index in [4.69, 9.17) is 9.47 Å². The maximum absolute atomic E-state index is 14.6. The van der Waals surface area contributed by atoms with Crippen LogP contribution in [0.3, 0.4) is 0 Å². The summed E-state index contributed by atoms with van der Waals surface area (Å²) in [5.41, 5.74) is -4.90. The minimum atomic E-state index is -4.96. The van der Waals surface area contributed by atoms with E-state index in [0.29, 0.717) is 0 Å². The third kappa shape index (κ3) is 4.59. The summed E-state index contributed by atoms with van der Waals surface area (Å²) >= 11 is 3.08. The minimum Gasteiger partial charge on any atom is -0.452 e. The SMILES string of the molecule is CC(=O)Oc1ccccc1Oc1cc(-n2c(=O)cc(C(F)(F)F)n(C)c2=O)c(F)cc1Br. The van der Waals surface area contributed by atoms with Crippen molar-refractivity contribution in [2.45, 2.75) is 13.1 Å². The fraction of sp³-hybridized carbons (Fsp3) is 0.150. The summed E-state index contributed by atoms with van der Waals surface area (Å²) in [4.78, 5) is 36.1. The lowest BCUT2D eigenvalue weighted by molar-refractivity contribution is -0.144. The zero-order chi connectivity index (χ0) is 23.8. The minimum absolute atomic E-state index is 0.0420. The van der Waals surface area contributed by atoms with Crippen molar-refractivity contribution in [3.8, 4) is 22.9 Å². The molecule has 0 aliphatic heterocycles. The molecule has 0 N–H and O–H groups in total. The second kappa shape index (κ2) is 8.61. The Morgan fingerprint density at radius 1 is 1.03 bits per heavy atom. The van der Waals surface area contributed by atoms with Crippen molar-refractivity contribution < 1.29 is 31.8 Å². The molecule has 0 saturated carbocycles. The highest BCUT2D eigenvalue weighted by Crippen LogP contribution is 2.37. The van der Waals surface area contributed by atoms with Gasteiger partial charge in [0.05, 0.1) is 10.2 Å². The number of halogens is 5. The van der Waals surface area contributed by atoms with Crippen LogP contribution < -0.4 is 20.7 Å². The number of aromatic nitrogens is 2. The lowest BCUT2D eigenvalue weighted by atomic mass is 10.2. The van der Waals surface area contributed by atoms with E-state index in [1.165, 1.54) is 19.1 Å². The molecule has 2 aromatic carbocycles. The van der Waals surface area contributed by atoms with Crippen molar-refractivity contribution in [3.05, 3.63) is 79.3 Å². The molecule has 0 fully saturated rings. The highest BCUT2D eigenvalue weighted by atomic mass is 79.9. The average Bonchev–Trinajstić information content (AvgIpc) is 2.68. The van der Waals surface area contributed by atoms with Gasteiger partial charge in [0.15, 0.2) is 11.5 Å². The summed E-state index contributed by atoms with van der Waals surface area (Å²) in [6, 6.07) is 8.04. The van der Waals surface area contributed by atoms with E-state index in [9.17, 15) is 31.9 Å². The number of hydrogen-bond donors (Lipinski definition) is 0. The van der Waals surface area contributed by atoms with Crippen LogP contribution in [0.25, 0.3) is 5.69 Å². The molecular formula is C20H13BrF4N2O5. The molecule has 7 nitrogen and oxygen atoms in total. The third-order valence-corrected chi connectivity index (χ3v) is 4.80. The largest absolute Gasteiger partial charge is 0.452 e. The molecule has 0 spiro atoms. The van der Waals surface area contributed by atoms with Crippen molar-refractivity contribution in [2.75, 3.05) is 0 Å². The Bertz CT molecular complexity index is 1330. The lowest BCUT2D eigenvalue weighted by Crippen LogP contribution is -2.41. The van der Waals surface area contributed by atoms with Crippen LogP contribution in [0.1, 0.15) is 12.6 Å². The monoisotopic (exact) mass is 516 g/mol. The molecule has 1 heterocycles. The van der Waals surface area contributed by atoms with Crippen molar-refractivity contribution in [1.29, 1.82) is 0 Å². The predicted molar refractivity (Wildman–Crippen MR) is 108 cm³/mol. The second-order valence-corrected chi connectivity index (χ2v) is 7.27. The second-order valence-electron chi connectivity index (χ2n) is 6.42. The predicted octanol–water partition coefficient (Wildman–Crippen LogP) is 4.17. The number of carbonyl (C=O) groups is 1. The first-order chi connectivity index (χ1) is 14.9. The number of alkyl halides is 3. The van der Waals surface area contributed by atoms with Gasteiger partial charge >= 0.3 is 17.8 Å². The quantitative estimate of drug-likeness (QED) is 0.295. The van der Waals surface area contributed by atoms with Gasteiger partial charge in [-0.05, 0) is 34.1 Å². The molecule has 3 rings (SSSR count). The molecule has 0 aliphatic rings. The van der Waals surface area contributed by atoms with Gasteiger partial charge in [-0.2, -0.15) is 13.2 Å². The molecule has 0 unspecified atom stereocenters. The van der Waals surface area contributed by atoms with E-state index >= 15 is 0 Å². The van der Waals surface area contributed by atoms with Crippen LogP contribution in [0.5, 0.6) is 17.2 Å². The Hall–Kier alpha value is -3.41. The van der Waals surface area contributed by atoms with Gasteiger partial charge in [0.1, 0.15) is 17.3 Å². The number of esters is 1. The standard InChI is InChI=1S/C20H13BrF4N2O5/c1-10(28)31-14-5-3-4-6-15(14)32-16-8-13(12(22)7-11(16)21)27-18(29)9-17(20(23,24)25)26(2)19(27)30/h3-9H,1-2H3. The smallest absolute Gasteiger partial charge is 0.431 e. The normalized spacial score (nSPS) is 11.3. The molecule has 168 valence electrons. The highest BCUT2D eigenvalue weighted by Gasteiger charge is 2.35. The van der Waals surface area contributed by atoms with Crippen LogP contribution in [-0.4, -0.2) is 15.1 Å². The summed E-state index contributed by atoms with van der Waals surface area (Å²) in [6.07, 6.45) is -4.96. The Labute approximate surface area is 185 Å². The number of rotatable bonds is 4. The summed E-state index contributed by atoms with van der Waals surface area (Å²) in [5, 5.41) is 0. The first-order valence-electron chi connectivity index (χ1n) is 8.75. The number of carbonyl (C=O) groups excluding carboxylic acids is 1. The van der Waals surface area contributed by atoms with Crippen molar-refractivity contribution >= 4 is 21.9 Å². The van der Waals surface area contributed by atoms with Crippen molar-refractivity contribution in [2.24, 2.45) is 7.05 Å². The third-order valence-electron chi connectivity index (χ3n) is 4.18. The Morgan fingerprint density at radius 3 is 2.25 bits per heavy atom. The molecule has 0 amide bonds. The maximum atomic E-state index is 14.6. The number of para-hydroxylation sites is 2. The van der Waals surface area contributed by atoms with E-state index in [1.54, 1.807) is 12.1 Å². The van der Waals surface area contributed by atoms with Gasteiger partial charge in [0.2, 0.25) is 0 Å². The molecule has 1 aromatic heterocycles. The topological polar surface area (TPSA) is 79.5 Å². The Balaban J connectivity index is 2.16. The first-order valence-corrected chi connectivity index (χ1v) is 9.54. The van der Waals surface area contributed by atoms with Gasteiger partial charge < -0.3 is 9.47 Å². The van der Waals surface area contributed by atoms with E-state index < -0.39 is 40.6 Å². The van der Waals surface area contributed by atoms with E-state index in [2.05, 4.69) is 15.9 Å². The van der Waals surface area contributed by atoms with Gasteiger partial charge in [0.25, 0.3) is 5.56 Å². The molecule has 0 bridgehead atoms. The van der Waals surface area contributed by atoms with E-state index in [1.807, 2.05) is 0 Å². The summed E-state index contributed by atoms with van der Waals surface area (Å²) in [7, 11) is 0.810. The molecule has 0 saturated heterocycles. The van der Waals surface area contributed by atoms with Crippen LogP contribution in [0.4, 0.5) is 17.6 Å². The van der Waals surface area contributed by atoms with Crippen LogP contribution in [0, 0.1) is 5.82 Å². The van der Waals surface area contributed by atoms with Crippen LogP contribution in [-0.2, 0) is 18.0 Å². The van der Waals surface area contributed by atoms with Crippen LogP contribution in [0.15, 0.2) is 56.5 Å². The average molecular weight is 517 g/mol. The number of nitrogens with zero attached hydrogens (tertiary/aromatic N) is 2. The van der Waals surface area contributed by atoms with Gasteiger partial charge in [-0.1, -0.05) is 12.1 Å². The molecule has 0 radical (unpaired) electrons. The Morgan fingerprint density at radius 2 is 1.66 bits per heavy atom. The van der Waals surface area contributed by atoms with Gasteiger partial charge in [-0.15, -0.1) is 0 Å². The highest BCUT2D eigenvalue weighted by molar-refractivity contribution is 9.10. The molecule has 0 atom stereocenters. The van der Waals surface area contributed by atoms with E-state index in [0.717, 1.165) is 19.2 Å². The summed E-state index contributed by atoms with van der Waals surface area (Å²) < 4.78 is 65.0. The molecular weight excluding hydrogens is 504 g/mol. The van der Waals surface area contributed by atoms with Crippen LogP contribution in [0.2, 0.25) is 0 Å². The number of hydrogen-bond acceptors (Lipinski definition) is 5. The zero-order valence-electron chi connectivity index (χ0n) is 16.4. The fourth-order valence-electron chi connectivity index (χ4n) is 2.78. The van der Waals surface area contributed by atoms with Crippen LogP contribution >= 0.6 is 15.9 Å². The number of benzene rings is 2. The van der Waals surface area contributed by atoms with Crippen molar-refractivity contribution in [3.63, 3.8) is 0 Å². The fourth-order valence-corrected chi connectivity index (χ4v) is 3.18. The van der Waals surface area contributed by atoms with Gasteiger partial charge in [-0.25, -0.2) is 13.8 Å². The Kier molecular flexibility index (Phi) is 6.26. The summed E-state index contributed by atoms with van der Waals surface area (Å²) in [5.74, 6) is -1.71. The molecule has 3 aromatic rings. The molecule has 0 aliphatic carbocycles. The molecule has 32 heavy (non-hydrogen) atoms. The number of ether oxygens (including phenoxy) is 2. The van der Waals surface area contributed by atoms with E-state index in [-0.39, 0.29) is 36.9 Å². The first kappa shape index (κ1) is 23.3. The van der Waals surface area contributed by atoms with Crippen molar-refractivity contribution in [1.82, 2.24) is 9.13 Å². The summed E-state index contributed by atoms with van der Waals surface area (Å²) in [6.45, 7) is 1.18. The zero-order valence-corrected chi connectivity index (χ0v) is 18.0. The maximum Gasteiger partial charge on any atom is 0.431 e. The van der Waals surface area contributed by atoms with Gasteiger partial charge in [0, 0.05) is 26.1 Å². The van der Waals surface area contributed by atoms with Gasteiger partial charge in [-0.3, -0.25) is 14.2 Å². The lowest BCUT2D eigenvalue weighted by Gasteiger charge is -2.16.